The first-order chi connectivity index (χ1) is 13.4. The van der Waals surface area contributed by atoms with Crippen LogP contribution < -0.4 is 10.1 Å². The van der Waals surface area contributed by atoms with E-state index in [2.05, 4.69) is 10.3 Å². The van der Waals surface area contributed by atoms with Gasteiger partial charge in [0.05, 0.1) is 30.8 Å². The highest BCUT2D eigenvalue weighted by molar-refractivity contribution is 7.87. The van der Waals surface area contributed by atoms with Gasteiger partial charge in [0.25, 0.3) is 20.2 Å². The van der Waals surface area contributed by atoms with Gasteiger partial charge in [-0.15, -0.1) is 11.3 Å². The van der Waals surface area contributed by atoms with E-state index in [1.165, 1.54) is 17.6 Å². The lowest BCUT2D eigenvalue weighted by atomic mass is 10.3. The summed E-state index contributed by atoms with van der Waals surface area (Å²) in [5.74, 6) is -0.206. The van der Waals surface area contributed by atoms with Gasteiger partial charge in [-0.05, 0) is 24.3 Å². The summed E-state index contributed by atoms with van der Waals surface area (Å²) in [6.07, 6.45) is 1.53. The highest BCUT2D eigenvalue weighted by Gasteiger charge is 2.19. The molecule has 10 nitrogen and oxygen atoms in total. The number of anilines is 1. The molecule has 1 unspecified atom stereocenters. The number of ether oxygens (including phenoxy) is 1. The lowest BCUT2D eigenvalue weighted by molar-refractivity contribution is 0.344. The lowest BCUT2D eigenvalue weighted by Gasteiger charge is -2.11. The van der Waals surface area contributed by atoms with E-state index in [1.807, 2.05) is 0 Å². The van der Waals surface area contributed by atoms with Crippen molar-refractivity contribution in [2.24, 2.45) is 0 Å². The molecular formula is C15H14N2O8S4. The first-order valence-electron chi connectivity index (χ1n) is 7.64. The molecule has 3 rings (SSSR count). The molecule has 0 aliphatic carbocycles. The highest BCUT2D eigenvalue weighted by atomic mass is 32.2. The van der Waals surface area contributed by atoms with Gasteiger partial charge in [0.1, 0.15) is 5.75 Å². The Balaban J connectivity index is 1.79. The molecule has 0 fully saturated rings. The second-order valence-electron chi connectivity index (χ2n) is 5.67. The Bertz CT molecular complexity index is 1270. The molecule has 14 heteroatoms. The summed E-state index contributed by atoms with van der Waals surface area (Å²) in [5.41, 5.74) is 1.31. The number of benzene rings is 2. The molecule has 2 aromatic carbocycles. The van der Waals surface area contributed by atoms with Crippen LogP contribution in [0, 0.1) is 0 Å². The molecule has 0 amide bonds. The maximum atomic E-state index is 11.5. The molecule has 0 aliphatic rings. The molecule has 156 valence electrons. The van der Waals surface area contributed by atoms with Crippen molar-refractivity contribution in [1.82, 2.24) is 4.98 Å². The normalized spacial score (nSPS) is 13.3. The molecule has 1 heterocycles. The number of thiazole rings is 1. The average molecular weight is 479 g/mol. The van der Waals surface area contributed by atoms with Crippen LogP contribution in [0.5, 0.6) is 5.75 Å². The van der Waals surface area contributed by atoms with Gasteiger partial charge >= 0.3 is 0 Å². The highest BCUT2D eigenvalue weighted by Crippen LogP contribution is 2.27. The van der Waals surface area contributed by atoms with Gasteiger partial charge in [-0.1, -0.05) is 0 Å². The van der Waals surface area contributed by atoms with Crippen molar-refractivity contribution in [3.8, 4) is 5.75 Å². The van der Waals surface area contributed by atoms with Crippen molar-refractivity contribution in [3.05, 3.63) is 36.4 Å². The molecule has 0 bridgehead atoms. The molecular weight excluding hydrogens is 464 g/mol. The summed E-state index contributed by atoms with van der Waals surface area (Å²) in [6, 6.07) is 7.62. The number of nitrogens with zero attached hydrogens (tertiary/aromatic N) is 1. The summed E-state index contributed by atoms with van der Waals surface area (Å²) in [6.45, 7) is -0.184. The van der Waals surface area contributed by atoms with Crippen LogP contribution in [0.4, 0.5) is 5.69 Å². The van der Waals surface area contributed by atoms with Crippen molar-refractivity contribution in [2.75, 3.05) is 18.3 Å². The number of aromatic nitrogens is 1. The minimum Gasteiger partial charge on any atom is -0.473 e. The molecule has 0 aliphatic heterocycles. The summed E-state index contributed by atoms with van der Waals surface area (Å²) in [5, 5.41) is 2.90. The van der Waals surface area contributed by atoms with Crippen LogP contribution in [-0.2, 0) is 31.0 Å². The van der Waals surface area contributed by atoms with E-state index in [4.69, 9.17) is 13.8 Å². The fourth-order valence-electron chi connectivity index (χ4n) is 2.27. The van der Waals surface area contributed by atoms with Gasteiger partial charge < -0.3 is 10.1 Å². The van der Waals surface area contributed by atoms with Crippen LogP contribution in [0.15, 0.2) is 50.5 Å². The van der Waals surface area contributed by atoms with Gasteiger partial charge in [0.15, 0.2) is 11.1 Å². The quantitative estimate of drug-likeness (QED) is 0.338. The number of fused-ring (bicyclic) bond motifs is 1. The van der Waals surface area contributed by atoms with E-state index in [0.717, 1.165) is 16.8 Å². The first-order valence-corrected chi connectivity index (χ1v) is 12.9. The Hall–Kier alpha value is -2.10. The Kier molecular flexibility index (Phi) is 5.93. The zero-order chi connectivity index (χ0) is 21.4. The Morgan fingerprint density at radius 3 is 2.24 bits per heavy atom. The largest absolute Gasteiger partial charge is 0.473 e. The second kappa shape index (κ2) is 7.97. The molecule has 29 heavy (non-hydrogen) atoms. The molecule has 0 spiro atoms. The van der Waals surface area contributed by atoms with Crippen LogP contribution in [0.3, 0.4) is 0 Å². The lowest BCUT2D eigenvalue weighted by Crippen LogP contribution is -2.10. The van der Waals surface area contributed by atoms with Crippen molar-refractivity contribution in [2.45, 2.75) is 14.1 Å². The minimum atomic E-state index is -4.72. The molecule has 0 radical (unpaired) electrons. The minimum absolute atomic E-state index is 0.184. The Morgan fingerprint density at radius 2 is 1.69 bits per heavy atom. The molecule has 3 aromatic rings. The van der Waals surface area contributed by atoms with Gasteiger partial charge in [0.2, 0.25) is 0 Å². The number of nitrogens with one attached hydrogen (secondary N) is 1. The summed E-state index contributed by atoms with van der Waals surface area (Å²) in [7, 11) is -10.6. The standard InChI is InChI=1S/C15H14N2O8S4/c1-27(18)15-17-13-3-2-9(4-14(13)26-15)16-8-25-10-5-11(28(19,20)21)7-12(6-10)29(22,23)24/h2-7,16H,8H2,1H3,(H,19,20,21)(H,22,23,24). The van der Waals surface area contributed by atoms with E-state index in [9.17, 15) is 21.0 Å². The predicted octanol–water partition coefficient (Wildman–Crippen LogP) is 1.98. The van der Waals surface area contributed by atoms with Crippen molar-refractivity contribution in [3.63, 3.8) is 0 Å². The third kappa shape index (κ3) is 5.29. The summed E-state index contributed by atoms with van der Waals surface area (Å²) in [4.78, 5) is 2.76. The van der Waals surface area contributed by atoms with Crippen molar-refractivity contribution in [1.29, 1.82) is 0 Å². The van der Waals surface area contributed by atoms with Crippen LogP contribution >= 0.6 is 11.3 Å². The van der Waals surface area contributed by atoms with E-state index in [-0.39, 0.29) is 12.5 Å². The topological polar surface area (TPSA) is 160 Å². The zero-order valence-corrected chi connectivity index (χ0v) is 17.9. The second-order valence-corrected chi connectivity index (χ2v) is 11.1. The fraction of sp³-hybridized carbons (Fsp3) is 0.133. The fourth-order valence-corrected chi connectivity index (χ4v) is 5.12. The van der Waals surface area contributed by atoms with Gasteiger partial charge in [-0.25, -0.2) is 4.98 Å². The zero-order valence-electron chi connectivity index (χ0n) is 14.6. The summed E-state index contributed by atoms with van der Waals surface area (Å²) < 4.78 is 81.7. The van der Waals surface area contributed by atoms with Crippen molar-refractivity contribution >= 4 is 58.3 Å². The maximum Gasteiger partial charge on any atom is 0.294 e. The number of hydrogen-bond acceptors (Lipinski definition) is 9. The van der Waals surface area contributed by atoms with Crippen LogP contribution in [-0.4, -0.2) is 48.1 Å². The predicted molar refractivity (Wildman–Crippen MR) is 107 cm³/mol. The average Bonchev–Trinajstić information content (AvgIpc) is 3.04. The van der Waals surface area contributed by atoms with E-state index in [0.29, 0.717) is 21.6 Å². The molecule has 1 aromatic heterocycles. The van der Waals surface area contributed by atoms with Crippen LogP contribution in [0.2, 0.25) is 0 Å². The SMILES string of the molecule is CS(=O)c1nc2ccc(NCOc3cc(S(=O)(=O)O)cc(S(=O)(=O)O)c3)cc2s1. The number of rotatable bonds is 7. The third-order valence-electron chi connectivity index (χ3n) is 3.58. The molecule has 3 N–H and O–H groups in total. The molecule has 0 saturated carbocycles. The first kappa shape index (κ1) is 21.6. The third-order valence-corrected chi connectivity index (χ3v) is 7.59. The molecule has 0 saturated heterocycles. The Labute approximate surface area is 172 Å². The monoisotopic (exact) mass is 478 g/mol. The number of hydrogen-bond donors (Lipinski definition) is 3. The smallest absolute Gasteiger partial charge is 0.294 e. The van der Waals surface area contributed by atoms with E-state index < -0.39 is 40.8 Å². The maximum absolute atomic E-state index is 11.5. The molecule has 1 atom stereocenters. The van der Waals surface area contributed by atoms with E-state index >= 15 is 0 Å². The van der Waals surface area contributed by atoms with Gasteiger partial charge in [-0.2, -0.15) is 16.8 Å². The van der Waals surface area contributed by atoms with Crippen molar-refractivity contribution < 1.29 is 34.9 Å². The van der Waals surface area contributed by atoms with Gasteiger partial charge in [0, 0.05) is 24.1 Å². The van der Waals surface area contributed by atoms with Crippen LogP contribution in [0.1, 0.15) is 0 Å². The summed E-state index contributed by atoms with van der Waals surface area (Å²) >= 11 is 1.28. The van der Waals surface area contributed by atoms with Crippen LogP contribution in [0.25, 0.3) is 10.2 Å². The Morgan fingerprint density at radius 1 is 1.07 bits per heavy atom. The van der Waals surface area contributed by atoms with E-state index in [1.54, 1.807) is 18.2 Å². The van der Waals surface area contributed by atoms with Gasteiger partial charge in [-0.3, -0.25) is 13.3 Å².